The van der Waals surface area contributed by atoms with Gasteiger partial charge in [-0.1, -0.05) is 6.07 Å². The summed E-state index contributed by atoms with van der Waals surface area (Å²) in [4.78, 5) is 15.8. The van der Waals surface area contributed by atoms with Crippen molar-refractivity contribution in [1.29, 1.82) is 0 Å². The van der Waals surface area contributed by atoms with Gasteiger partial charge in [0.1, 0.15) is 22.4 Å². The van der Waals surface area contributed by atoms with Crippen LogP contribution >= 0.6 is 11.3 Å². The van der Waals surface area contributed by atoms with Gasteiger partial charge >= 0.3 is 5.97 Å². The lowest BCUT2D eigenvalue weighted by Gasteiger charge is -2.03. The van der Waals surface area contributed by atoms with E-state index in [1.165, 1.54) is 24.4 Å². The van der Waals surface area contributed by atoms with E-state index < -0.39 is 18.5 Å². The van der Waals surface area contributed by atoms with Crippen molar-refractivity contribution in [2.24, 2.45) is 0 Å². The highest BCUT2D eigenvalue weighted by Crippen LogP contribution is 2.29. The lowest BCUT2D eigenvalue weighted by Crippen LogP contribution is -2.01. The Balaban J connectivity index is 2.37. The van der Waals surface area contributed by atoms with Crippen LogP contribution in [0.5, 0.6) is 0 Å². The van der Waals surface area contributed by atoms with Crippen LogP contribution in [0.4, 0.5) is 8.78 Å². The zero-order valence-corrected chi connectivity index (χ0v) is 11.0. The molecule has 1 heterocycles. The summed E-state index contributed by atoms with van der Waals surface area (Å²) in [5.74, 6) is -0.954. The van der Waals surface area contributed by atoms with Crippen LogP contribution in [0.1, 0.15) is 22.2 Å². The normalized spacial score (nSPS) is 10.5. The van der Waals surface area contributed by atoms with Crippen molar-refractivity contribution in [1.82, 2.24) is 4.98 Å². The summed E-state index contributed by atoms with van der Waals surface area (Å²) in [6.07, 6.45) is 1.35. The molecule has 0 aliphatic heterocycles. The van der Waals surface area contributed by atoms with Gasteiger partial charge in [-0.05, 0) is 24.6 Å². The SMILES string of the molecule is CCOC(=O)c1cnc(-c2cc(F)ccc2CF)s1. The molecule has 0 aliphatic rings. The number of esters is 1. The molecule has 6 heteroatoms. The summed E-state index contributed by atoms with van der Waals surface area (Å²) in [5, 5.41) is 0.398. The minimum Gasteiger partial charge on any atom is -0.462 e. The molecule has 0 spiro atoms. The molecule has 0 saturated heterocycles. The maximum atomic E-state index is 13.2. The summed E-state index contributed by atoms with van der Waals surface area (Å²) in [7, 11) is 0. The number of hydrogen-bond acceptors (Lipinski definition) is 4. The Morgan fingerprint density at radius 1 is 1.47 bits per heavy atom. The van der Waals surface area contributed by atoms with Gasteiger partial charge in [-0.3, -0.25) is 0 Å². The van der Waals surface area contributed by atoms with E-state index >= 15 is 0 Å². The van der Waals surface area contributed by atoms with Gasteiger partial charge in [0.25, 0.3) is 0 Å². The molecule has 0 fully saturated rings. The third kappa shape index (κ3) is 2.96. The highest BCUT2D eigenvalue weighted by Gasteiger charge is 2.15. The first kappa shape index (κ1) is 13.6. The van der Waals surface area contributed by atoms with Crippen LogP contribution in [-0.4, -0.2) is 17.6 Å². The molecule has 3 nitrogen and oxygen atoms in total. The topological polar surface area (TPSA) is 39.2 Å². The van der Waals surface area contributed by atoms with Crippen LogP contribution in [0.2, 0.25) is 0 Å². The highest BCUT2D eigenvalue weighted by molar-refractivity contribution is 7.16. The molecule has 2 aromatic rings. The molecule has 100 valence electrons. The first-order valence-corrected chi connectivity index (χ1v) is 6.45. The lowest BCUT2D eigenvalue weighted by molar-refractivity contribution is 0.0532. The van der Waals surface area contributed by atoms with E-state index in [-0.39, 0.29) is 6.61 Å². The predicted octanol–water partition coefficient (Wildman–Crippen LogP) is 3.60. The van der Waals surface area contributed by atoms with Gasteiger partial charge in [0.2, 0.25) is 0 Å². The first-order valence-electron chi connectivity index (χ1n) is 5.63. The molecule has 1 aromatic carbocycles. The molecular weight excluding hydrogens is 272 g/mol. The minimum absolute atomic E-state index is 0.266. The Morgan fingerprint density at radius 2 is 2.26 bits per heavy atom. The summed E-state index contributed by atoms with van der Waals surface area (Å²) in [6, 6.07) is 3.77. The number of nitrogens with zero attached hydrogens (tertiary/aromatic N) is 1. The number of carbonyl (C=O) groups is 1. The largest absolute Gasteiger partial charge is 0.462 e. The number of aromatic nitrogens is 1. The number of thiazole rings is 1. The van der Waals surface area contributed by atoms with Crippen LogP contribution in [0.15, 0.2) is 24.4 Å². The monoisotopic (exact) mass is 283 g/mol. The average Bonchev–Trinajstić information content (AvgIpc) is 2.88. The van der Waals surface area contributed by atoms with Crippen molar-refractivity contribution in [2.45, 2.75) is 13.6 Å². The molecule has 0 atom stereocenters. The fourth-order valence-corrected chi connectivity index (χ4v) is 2.42. The van der Waals surface area contributed by atoms with Crippen molar-refractivity contribution < 1.29 is 18.3 Å². The fraction of sp³-hybridized carbons (Fsp3) is 0.231. The van der Waals surface area contributed by atoms with Gasteiger partial charge in [0.05, 0.1) is 12.8 Å². The number of hydrogen-bond donors (Lipinski definition) is 0. The molecular formula is C13H11F2NO2S. The Labute approximate surface area is 112 Å². The van der Waals surface area contributed by atoms with Crippen LogP contribution in [-0.2, 0) is 11.4 Å². The van der Waals surface area contributed by atoms with Crippen molar-refractivity contribution in [3.8, 4) is 10.6 Å². The molecule has 0 radical (unpaired) electrons. The van der Waals surface area contributed by atoms with Crippen molar-refractivity contribution in [3.63, 3.8) is 0 Å². The summed E-state index contributed by atoms with van der Waals surface area (Å²) < 4.78 is 30.9. The molecule has 0 aliphatic carbocycles. The second kappa shape index (κ2) is 5.88. The van der Waals surface area contributed by atoms with Gasteiger partial charge < -0.3 is 4.74 Å². The van der Waals surface area contributed by atoms with Gasteiger partial charge in [-0.15, -0.1) is 11.3 Å². The Morgan fingerprint density at radius 3 is 2.95 bits per heavy atom. The van der Waals surface area contributed by atoms with Crippen LogP contribution in [0.3, 0.4) is 0 Å². The molecule has 0 saturated carbocycles. The molecule has 0 amide bonds. The van der Waals surface area contributed by atoms with Crippen molar-refractivity contribution in [3.05, 3.63) is 40.7 Å². The minimum atomic E-state index is -0.718. The van der Waals surface area contributed by atoms with Crippen LogP contribution < -0.4 is 0 Å². The summed E-state index contributed by atoms with van der Waals surface area (Å²) >= 11 is 1.05. The van der Waals surface area contributed by atoms with E-state index in [1.54, 1.807) is 6.92 Å². The second-order valence-corrected chi connectivity index (χ2v) is 4.72. The third-order valence-electron chi connectivity index (χ3n) is 2.43. The number of alkyl halides is 1. The van der Waals surface area contributed by atoms with Crippen molar-refractivity contribution in [2.75, 3.05) is 6.61 Å². The van der Waals surface area contributed by atoms with E-state index in [4.69, 9.17) is 4.74 Å². The zero-order valence-electron chi connectivity index (χ0n) is 10.2. The molecule has 2 rings (SSSR count). The van der Waals surface area contributed by atoms with E-state index in [0.717, 1.165) is 11.3 Å². The quantitative estimate of drug-likeness (QED) is 0.805. The number of benzene rings is 1. The average molecular weight is 283 g/mol. The highest BCUT2D eigenvalue weighted by atomic mass is 32.1. The Hall–Kier alpha value is -1.82. The summed E-state index contributed by atoms with van der Waals surface area (Å²) in [6.45, 7) is 1.25. The second-order valence-electron chi connectivity index (χ2n) is 3.69. The Kier molecular flexibility index (Phi) is 4.21. The predicted molar refractivity (Wildman–Crippen MR) is 68.3 cm³/mol. The van der Waals surface area contributed by atoms with E-state index in [0.29, 0.717) is 21.0 Å². The van der Waals surface area contributed by atoms with Gasteiger partial charge in [0.15, 0.2) is 0 Å². The van der Waals surface area contributed by atoms with Gasteiger partial charge in [0, 0.05) is 5.56 Å². The molecule has 0 N–H and O–H groups in total. The number of carbonyl (C=O) groups excluding carboxylic acids is 1. The maximum absolute atomic E-state index is 13.2. The number of ether oxygens (including phenoxy) is 1. The Bertz CT molecular complexity index is 598. The molecule has 1 aromatic heterocycles. The zero-order chi connectivity index (χ0) is 13.8. The third-order valence-corrected chi connectivity index (χ3v) is 3.44. The smallest absolute Gasteiger partial charge is 0.349 e. The number of rotatable bonds is 4. The number of halogens is 2. The standard InChI is InChI=1S/C13H11F2NO2S/c1-2-18-13(17)11-7-16-12(19-11)10-5-9(15)4-3-8(10)6-14/h3-5,7H,2,6H2,1H3. The maximum Gasteiger partial charge on any atom is 0.349 e. The van der Waals surface area contributed by atoms with E-state index in [2.05, 4.69) is 4.98 Å². The van der Waals surface area contributed by atoms with E-state index in [1.807, 2.05) is 0 Å². The van der Waals surface area contributed by atoms with Crippen molar-refractivity contribution >= 4 is 17.3 Å². The van der Waals surface area contributed by atoms with Crippen LogP contribution in [0, 0.1) is 5.82 Å². The van der Waals surface area contributed by atoms with Gasteiger partial charge in [-0.2, -0.15) is 0 Å². The molecule has 0 bridgehead atoms. The summed E-state index contributed by atoms with van der Waals surface area (Å²) in [5.41, 5.74) is 0.703. The lowest BCUT2D eigenvalue weighted by atomic mass is 10.1. The van der Waals surface area contributed by atoms with Crippen LogP contribution in [0.25, 0.3) is 10.6 Å². The van der Waals surface area contributed by atoms with Gasteiger partial charge in [-0.25, -0.2) is 18.6 Å². The molecule has 19 heavy (non-hydrogen) atoms. The fourth-order valence-electron chi connectivity index (χ4n) is 1.56. The molecule has 0 unspecified atom stereocenters. The first-order chi connectivity index (χ1) is 9.15. The van der Waals surface area contributed by atoms with E-state index in [9.17, 15) is 13.6 Å².